The molecule has 0 radical (unpaired) electrons. The maximum absolute atomic E-state index is 11.4. The van der Waals surface area contributed by atoms with E-state index in [1.54, 1.807) is 27.7 Å². The van der Waals surface area contributed by atoms with Gasteiger partial charge in [-0.25, -0.2) is 0 Å². The molecule has 1 N–H and O–H groups in total. The Hall–Kier alpha value is -0.700. The molecule has 1 rings (SSSR count). The largest absolute Gasteiger partial charge is 0.391 e. The fraction of sp³-hybridized carbons (Fsp3) is 0.800. The normalized spacial score (nSPS) is 27.8. The first-order valence-corrected chi connectivity index (χ1v) is 4.45. The Morgan fingerprint density at radius 2 is 1.38 bits per heavy atom. The van der Waals surface area contributed by atoms with Gasteiger partial charge < -0.3 is 5.11 Å². The Kier molecular flexibility index (Phi) is 2.11. The van der Waals surface area contributed by atoms with Crippen LogP contribution in [0, 0.1) is 10.8 Å². The Balaban J connectivity index is 3.11. The van der Waals surface area contributed by atoms with Crippen molar-refractivity contribution in [1.29, 1.82) is 0 Å². The van der Waals surface area contributed by atoms with Gasteiger partial charge in [0.1, 0.15) is 11.6 Å². The second kappa shape index (κ2) is 2.64. The molecule has 3 heteroatoms. The topological polar surface area (TPSA) is 54.4 Å². The molecule has 13 heavy (non-hydrogen) atoms. The van der Waals surface area contributed by atoms with E-state index in [0.29, 0.717) is 0 Å². The molecule has 0 aromatic carbocycles. The van der Waals surface area contributed by atoms with Crippen molar-refractivity contribution in [3.8, 4) is 0 Å². The predicted octanol–water partition coefficient (Wildman–Crippen LogP) is 0.942. The van der Waals surface area contributed by atoms with Crippen LogP contribution in [-0.2, 0) is 9.59 Å². The third-order valence-corrected chi connectivity index (χ3v) is 3.13. The van der Waals surface area contributed by atoms with Crippen molar-refractivity contribution in [2.24, 2.45) is 10.8 Å². The lowest BCUT2D eigenvalue weighted by Gasteiger charge is -2.43. The van der Waals surface area contributed by atoms with Crippen LogP contribution < -0.4 is 0 Å². The van der Waals surface area contributed by atoms with E-state index in [-0.39, 0.29) is 18.0 Å². The maximum Gasteiger partial charge on any atom is 0.148 e. The Labute approximate surface area is 78.1 Å². The van der Waals surface area contributed by atoms with E-state index in [1.807, 2.05) is 0 Å². The van der Waals surface area contributed by atoms with Crippen LogP contribution in [0.5, 0.6) is 0 Å². The van der Waals surface area contributed by atoms with Gasteiger partial charge in [-0.15, -0.1) is 0 Å². The smallest absolute Gasteiger partial charge is 0.148 e. The second-order valence-electron chi connectivity index (χ2n) is 4.87. The zero-order chi connectivity index (χ0) is 10.4. The van der Waals surface area contributed by atoms with Gasteiger partial charge >= 0.3 is 0 Å². The third-order valence-electron chi connectivity index (χ3n) is 3.13. The minimum absolute atomic E-state index is 0.0446. The lowest BCUT2D eigenvalue weighted by atomic mass is 9.61. The molecule has 1 saturated carbocycles. The van der Waals surface area contributed by atoms with E-state index >= 15 is 0 Å². The summed E-state index contributed by atoms with van der Waals surface area (Å²) in [4.78, 5) is 22.9. The number of ketones is 2. The molecular weight excluding hydrogens is 168 g/mol. The van der Waals surface area contributed by atoms with Crippen molar-refractivity contribution in [2.75, 3.05) is 0 Å². The molecule has 0 aromatic heterocycles. The molecule has 3 nitrogen and oxygen atoms in total. The van der Waals surface area contributed by atoms with Gasteiger partial charge in [0.25, 0.3) is 0 Å². The van der Waals surface area contributed by atoms with Crippen molar-refractivity contribution in [2.45, 2.75) is 40.2 Å². The van der Waals surface area contributed by atoms with Gasteiger partial charge in [-0.2, -0.15) is 0 Å². The quantitative estimate of drug-likeness (QED) is 0.570. The van der Waals surface area contributed by atoms with Crippen molar-refractivity contribution < 1.29 is 14.7 Å². The SMILES string of the molecule is CC1(C)C(=O)CC(=O)C(C)(C)C1O. The molecule has 0 spiro atoms. The summed E-state index contributed by atoms with van der Waals surface area (Å²) in [5.74, 6) is -0.325. The van der Waals surface area contributed by atoms with Gasteiger partial charge in [0, 0.05) is 0 Å². The summed E-state index contributed by atoms with van der Waals surface area (Å²) in [6.45, 7) is 6.75. The van der Waals surface area contributed by atoms with Crippen molar-refractivity contribution >= 4 is 11.6 Å². The number of aliphatic hydroxyl groups excluding tert-OH is 1. The summed E-state index contributed by atoms with van der Waals surface area (Å²) < 4.78 is 0. The average molecular weight is 184 g/mol. The van der Waals surface area contributed by atoms with E-state index < -0.39 is 16.9 Å². The van der Waals surface area contributed by atoms with Gasteiger partial charge in [-0.1, -0.05) is 27.7 Å². The molecule has 0 heterocycles. The number of rotatable bonds is 0. The summed E-state index contributed by atoms with van der Waals surface area (Å²) in [5, 5.41) is 9.86. The number of hydrogen-bond acceptors (Lipinski definition) is 3. The second-order valence-corrected chi connectivity index (χ2v) is 4.87. The fourth-order valence-corrected chi connectivity index (χ4v) is 1.81. The van der Waals surface area contributed by atoms with Crippen molar-refractivity contribution in [3.63, 3.8) is 0 Å². The molecule has 0 aliphatic heterocycles. The highest BCUT2D eigenvalue weighted by Gasteiger charge is 2.52. The maximum atomic E-state index is 11.4. The van der Waals surface area contributed by atoms with Crippen LogP contribution in [0.15, 0.2) is 0 Å². The third kappa shape index (κ3) is 1.31. The summed E-state index contributed by atoms with van der Waals surface area (Å²) in [7, 11) is 0. The van der Waals surface area contributed by atoms with Gasteiger partial charge in [-0.05, 0) is 0 Å². The van der Waals surface area contributed by atoms with Crippen LogP contribution >= 0.6 is 0 Å². The Morgan fingerprint density at radius 1 is 1.08 bits per heavy atom. The standard InChI is InChI=1S/C10H16O3/c1-9(2)6(11)5-7(12)10(3,4)8(9)13/h8,13H,5H2,1-4H3. The van der Waals surface area contributed by atoms with Crippen molar-refractivity contribution in [1.82, 2.24) is 0 Å². The summed E-state index contributed by atoms with van der Waals surface area (Å²) >= 11 is 0. The van der Waals surface area contributed by atoms with E-state index in [4.69, 9.17) is 0 Å². The molecule has 1 aliphatic carbocycles. The van der Waals surface area contributed by atoms with Gasteiger partial charge in [0.05, 0.1) is 23.4 Å². The molecule has 0 amide bonds. The fourth-order valence-electron chi connectivity index (χ4n) is 1.81. The Bertz CT molecular complexity index is 237. The number of carbonyl (C=O) groups excluding carboxylic acids is 2. The van der Waals surface area contributed by atoms with E-state index in [1.165, 1.54) is 0 Å². The highest BCUT2D eigenvalue weighted by atomic mass is 16.3. The summed E-state index contributed by atoms with van der Waals surface area (Å²) in [6.07, 6.45) is -0.925. The van der Waals surface area contributed by atoms with E-state index in [2.05, 4.69) is 0 Å². The minimum atomic E-state index is -0.881. The van der Waals surface area contributed by atoms with Crippen LogP contribution in [0.3, 0.4) is 0 Å². The Morgan fingerprint density at radius 3 is 1.69 bits per heavy atom. The molecular formula is C10H16O3. The zero-order valence-electron chi connectivity index (χ0n) is 8.55. The molecule has 0 saturated heterocycles. The lowest BCUT2D eigenvalue weighted by molar-refractivity contribution is -0.159. The highest BCUT2D eigenvalue weighted by molar-refractivity contribution is 6.07. The molecule has 0 bridgehead atoms. The molecule has 74 valence electrons. The molecule has 0 aromatic rings. The van der Waals surface area contributed by atoms with Crippen LogP contribution in [0.25, 0.3) is 0 Å². The lowest BCUT2D eigenvalue weighted by Crippen LogP contribution is -2.55. The van der Waals surface area contributed by atoms with E-state index in [9.17, 15) is 14.7 Å². The predicted molar refractivity (Wildman–Crippen MR) is 48.2 cm³/mol. The van der Waals surface area contributed by atoms with Crippen LogP contribution in [0.1, 0.15) is 34.1 Å². The van der Waals surface area contributed by atoms with Crippen molar-refractivity contribution in [3.05, 3.63) is 0 Å². The number of Topliss-reactive ketones (excluding diaryl/α,β-unsaturated/α-hetero) is 2. The molecule has 1 fully saturated rings. The van der Waals surface area contributed by atoms with Crippen LogP contribution in [0.4, 0.5) is 0 Å². The highest BCUT2D eigenvalue weighted by Crippen LogP contribution is 2.41. The molecule has 0 unspecified atom stereocenters. The zero-order valence-corrected chi connectivity index (χ0v) is 8.55. The number of hydrogen-bond donors (Lipinski definition) is 1. The monoisotopic (exact) mass is 184 g/mol. The first-order valence-electron chi connectivity index (χ1n) is 4.45. The average Bonchev–Trinajstić information content (AvgIpc) is 2.00. The molecule has 1 aliphatic rings. The van der Waals surface area contributed by atoms with Gasteiger partial charge in [0.2, 0.25) is 0 Å². The van der Waals surface area contributed by atoms with Crippen LogP contribution in [0.2, 0.25) is 0 Å². The summed E-state index contributed by atoms with van der Waals surface area (Å²) in [6, 6.07) is 0. The van der Waals surface area contributed by atoms with Gasteiger partial charge in [0.15, 0.2) is 0 Å². The number of carbonyl (C=O) groups is 2. The first kappa shape index (κ1) is 10.4. The minimum Gasteiger partial charge on any atom is -0.391 e. The van der Waals surface area contributed by atoms with Crippen LogP contribution in [-0.4, -0.2) is 22.8 Å². The van der Waals surface area contributed by atoms with Gasteiger partial charge in [-0.3, -0.25) is 9.59 Å². The van der Waals surface area contributed by atoms with E-state index in [0.717, 1.165) is 0 Å². The first-order chi connectivity index (χ1) is 5.70. The number of aliphatic hydroxyl groups is 1. The molecule has 0 atom stereocenters. The summed E-state index contributed by atoms with van der Waals surface area (Å²) in [5.41, 5.74) is -1.59.